The Morgan fingerprint density at radius 1 is 0.982 bits per heavy atom. The Bertz CT molecular complexity index is 1540. The molecular weight excluding hydrogens is 744 g/mol. The third-order valence-electron chi connectivity index (χ3n) is 14.3. The van der Waals surface area contributed by atoms with E-state index in [9.17, 15) is 24.9 Å². The number of methoxy groups -OCH3 is 1. The van der Waals surface area contributed by atoms with Gasteiger partial charge in [-0.3, -0.25) is 4.79 Å². The zero-order valence-electron chi connectivity index (χ0n) is 34.6. The van der Waals surface area contributed by atoms with Crippen LogP contribution in [0.1, 0.15) is 112 Å². The van der Waals surface area contributed by atoms with E-state index in [1.54, 1.807) is 21.0 Å². The number of rotatable bonds is 13. The van der Waals surface area contributed by atoms with Gasteiger partial charge in [-0.25, -0.2) is 4.79 Å². The van der Waals surface area contributed by atoms with E-state index in [-0.39, 0.29) is 48.1 Å². The summed E-state index contributed by atoms with van der Waals surface area (Å²) in [4.78, 5) is 24.2. The minimum absolute atomic E-state index is 0.00708. The highest BCUT2D eigenvalue weighted by Gasteiger charge is 2.63. The first-order valence-electron chi connectivity index (χ1n) is 20.8. The molecule has 5 fully saturated rings. The van der Waals surface area contributed by atoms with Crippen molar-refractivity contribution in [2.45, 2.75) is 179 Å². The minimum atomic E-state index is -2.25. The van der Waals surface area contributed by atoms with Gasteiger partial charge in [0.15, 0.2) is 5.79 Å². The second kappa shape index (κ2) is 16.6. The fourth-order valence-electron chi connectivity index (χ4n) is 10.9. The molecule has 0 saturated carbocycles. The summed E-state index contributed by atoms with van der Waals surface area (Å²) in [6, 6.07) is 7.60. The molecule has 3 N–H and O–H groups in total. The first-order chi connectivity index (χ1) is 26.3. The van der Waals surface area contributed by atoms with Crippen molar-refractivity contribution in [1.29, 1.82) is 0 Å². The van der Waals surface area contributed by atoms with Crippen LogP contribution >= 0.6 is 11.6 Å². The van der Waals surface area contributed by atoms with Crippen molar-refractivity contribution >= 4 is 23.5 Å². The molecule has 56 heavy (non-hydrogen) atoms. The highest BCUT2D eigenvalue weighted by Crippen LogP contribution is 2.55. The van der Waals surface area contributed by atoms with Crippen molar-refractivity contribution < 1.29 is 58.1 Å². The van der Waals surface area contributed by atoms with Gasteiger partial charge in [-0.2, -0.15) is 0 Å². The maximum absolute atomic E-state index is 12.1. The minimum Gasteiger partial charge on any atom is -0.481 e. The number of benzene rings is 1. The summed E-state index contributed by atoms with van der Waals surface area (Å²) in [5, 5.41) is 31.4. The number of halogens is 1. The van der Waals surface area contributed by atoms with Gasteiger partial charge in [0.2, 0.25) is 0 Å². The molecule has 1 spiro atoms. The fraction of sp³-hybridized carbons (Fsp3) is 0.814. The fourth-order valence-corrected chi connectivity index (χ4v) is 11.0. The molecule has 0 aliphatic carbocycles. The highest BCUT2D eigenvalue weighted by atomic mass is 35.5. The van der Waals surface area contributed by atoms with E-state index >= 15 is 0 Å². The molecule has 316 valence electrons. The van der Waals surface area contributed by atoms with Crippen LogP contribution in [0.2, 0.25) is 5.02 Å². The molecule has 6 rings (SSSR count). The maximum atomic E-state index is 12.1. The number of aliphatic carboxylic acids is 2. The molecule has 0 amide bonds. The van der Waals surface area contributed by atoms with Crippen LogP contribution in [0, 0.1) is 35.5 Å². The third kappa shape index (κ3) is 8.17. The Labute approximate surface area is 337 Å². The monoisotopic (exact) mass is 808 g/mol. The van der Waals surface area contributed by atoms with Gasteiger partial charge in [0.1, 0.15) is 0 Å². The van der Waals surface area contributed by atoms with Crippen LogP contribution in [-0.4, -0.2) is 99.9 Å². The van der Waals surface area contributed by atoms with Crippen LogP contribution < -0.4 is 0 Å². The molecule has 0 aromatic heterocycles. The average Bonchev–Trinajstić information content (AvgIpc) is 3.87. The second-order valence-corrected chi connectivity index (χ2v) is 18.6. The molecule has 1 aromatic rings. The van der Waals surface area contributed by atoms with E-state index in [1.807, 2.05) is 38.1 Å². The summed E-state index contributed by atoms with van der Waals surface area (Å²) in [6.45, 7) is 16.3. The number of carboxylic acid groups (broad SMARTS) is 2. The summed E-state index contributed by atoms with van der Waals surface area (Å²) in [5.41, 5.74) is -0.273. The highest BCUT2D eigenvalue weighted by molar-refractivity contribution is 6.30. The Kier molecular flexibility index (Phi) is 13.0. The van der Waals surface area contributed by atoms with Crippen molar-refractivity contribution in [3.63, 3.8) is 0 Å². The molecule has 5 saturated heterocycles. The third-order valence-corrected chi connectivity index (χ3v) is 14.6. The predicted octanol–water partition coefficient (Wildman–Crippen LogP) is 7.24. The molecule has 0 unspecified atom stereocenters. The van der Waals surface area contributed by atoms with Gasteiger partial charge in [-0.1, -0.05) is 65.3 Å². The van der Waals surface area contributed by atoms with E-state index in [4.69, 9.17) is 44.8 Å². The molecule has 12 nitrogen and oxygen atoms in total. The molecule has 1 aromatic carbocycles. The van der Waals surface area contributed by atoms with E-state index in [2.05, 4.69) is 27.7 Å². The number of carboxylic acids is 2. The quantitative estimate of drug-likeness (QED) is 0.184. The molecule has 0 bridgehead atoms. The van der Waals surface area contributed by atoms with Gasteiger partial charge in [-0.15, -0.1) is 0 Å². The van der Waals surface area contributed by atoms with Gasteiger partial charge < -0.3 is 48.5 Å². The molecule has 5 aliphatic heterocycles. The second-order valence-electron chi connectivity index (χ2n) is 18.2. The Balaban J connectivity index is 1.20. The van der Waals surface area contributed by atoms with Crippen molar-refractivity contribution in [1.82, 2.24) is 0 Å². The summed E-state index contributed by atoms with van der Waals surface area (Å²) in [7, 11) is 1.55. The van der Waals surface area contributed by atoms with Crippen LogP contribution in [0.5, 0.6) is 0 Å². The molecular formula is C43H65ClO12. The molecule has 13 heteroatoms. The number of ether oxygens (including phenoxy) is 7. The molecule has 0 radical (unpaired) electrons. The first-order valence-corrected chi connectivity index (χ1v) is 21.1. The molecule has 17 atom stereocenters. The first kappa shape index (κ1) is 43.7. The normalized spacial score (nSPS) is 44.5. The van der Waals surface area contributed by atoms with Gasteiger partial charge in [0.05, 0.1) is 66.5 Å². The standard InChI is InChI=1S/C43H65ClO12/c1-10-41(37-24(3)20-31(52-37)34-23(2)19-25(4)43(49,55-34)39(47)48)16-15-33(53-41)40(8)17-18-42(56-40)21-32(51-22-29-11-13-30(44)14-12-29)26(5)36(54-42)27(6)35(50-9)28(7)38(45)46/h11-14,23-28,31-37,49H,10,15-22H2,1-9H3,(H,45,46)(H,47,48)/t23-,24-,25+,26+,27-,28-,31+,32-,33+,34-,35+,36-,37+,40-,41-,42+,43+/m0/s1. The van der Waals surface area contributed by atoms with E-state index in [0.29, 0.717) is 43.7 Å². The number of hydrogen-bond donors (Lipinski definition) is 3. The average molecular weight is 809 g/mol. The van der Waals surface area contributed by atoms with Crippen LogP contribution in [0.25, 0.3) is 0 Å². The smallest absolute Gasteiger partial charge is 0.364 e. The Morgan fingerprint density at radius 3 is 2.30 bits per heavy atom. The number of hydrogen-bond acceptors (Lipinski definition) is 10. The largest absolute Gasteiger partial charge is 0.481 e. The van der Waals surface area contributed by atoms with Gasteiger partial charge in [0.25, 0.3) is 5.79 Å². The van der Waals surface area contributed by atoms with Crippen LogP contribution in [0.4, 0.5) is 0 Å². The number of aliphatic hydroxyl groups is 1. The summed E-state index contributed by atoms with van der Waals surface area (Å²) in [6.07, 6.45) is 2.56. The Hall–Kier alpha value is -1.87. The SMILES string of the molecule is CC[C@@]1([C@@H]2O[C@@H]([C@H]3O[C@@](O)(C(=O)O)[C@H](C)C[C@@H]3C)C[C@@H]2C)CC[C@H]([C@]2(C)CC[C@]3(C[C@H](OCc4ccc(Cl)cc4)[C@@H](C)[C@@H]([C@@H](C)[C@@H](OC)[C@H](C)C(=O)O)O3)O2)O1. The summed E-state index contributed by atoms with van der Waals surface area (Å²) < 4.78 is 46.7. The lowest BCUT2D eigenvalue weighted by atomic mass is 9.78. The van der Waals surface area contributed by atoms with E-state index < -0.39 is 64.9 Å². The molecule has 5 heterocycles. The lowest BCUT2D eigenvalue weighted by Gasteiger charge is -2.50. The maximum Gasteiger partial charge on any atom is 0.364 e. The van der Waals surface area contributed by atoms with Crippen molar-refractivity contribution in [2.75, 3.05) is 7.11 Å². The summed E-state index contributed by atoms with van der Waals surface area (Å²) in [5.74, 6) is -7.09. The predicted molar refractivity (Wildman–Crippen MR) is 207 cm³/mol. The number of carbonyl (C=O) groups is 2. The summed E-state index contributed by atoms with van der Waals surface area (Å²) >= 11 is 6.15. The topological polar surface area (TPSA) is 159 Å². The van der Waals surface area contributed by atoms with Crippen LogP contribution in [0.15, 0.2) is 24.3 Å². The lowest BCUT2D eigenvalue weighted by Crippen LogP contribution is -2.58. The van der Waals surface area contributed by atoms with E-state index in [0.717, 1.165) is 24.8 Å². The van der Waals surface area contributed by atoms with Crippen LogP contribution in [0.3, 0.4) is 0 Å². The zero-order valence-corrected chi connectivity index (χ0v) is 35.3. The Morgan fingerprint density at radius 2 is 1.68 bits per heavy atom. The van der Waals surface area contributed by atoms with Crippen molar-refractivity contribution in [3.8, 4) is 0 Å². The van der Waals surface area contributed by atoms with E-state index in [1.165, 1.54) is 0 Å². The van der Waals surface area contributed by atoms with Gasteiger partial charge in [0, 0.05) is 42.7 Å². The van der Waals surface area contributed by atoms with Crippen LogP contribution in [-0.2, 0) is 49.4 Å². The molecule has 5 aliphatic rings. The van der Waals surface area contributed by atoms with Crippen molar-refractivity contribution in [3.05, 3.63) is 34.9 Å². The van der Waals surface area contributed by atoms with Gasteiger partial charge >= 0.3 is 11.9 Å². The van der Waals surface area contributed by atoms with Crippen molar-refractivity contribution in [2.24, 2.45) is 35.5 Å². The van der Waals surface area contributed by atoms with Gasteiger partial charge in [-0.05, 0) is 81.9 Å². The lowest BCUT2D eigenvalue weighted by molar-refractivity contribution is -0.339. The zero-order chi connectivity index (χ0) is 41.0.